The van der Waals surface area contributed by atoms with Gasteiger partial charge in [0.2, 0.25) is 5.91 Å². The quantitative estimate of drug-likeness (QED) is 0.457. The average molecular weight is 492 g/mol. The van der Waals surface area contributed by atoms with E-state index in [1.165, 1.54) is 29.4 Å². The second-order valence-electron chi connectivity index (χ2n) is 9.18. The Bertz CT molecular complexity index is 1240. The molecule has 36 heavy (non-hydrogen) atoms. The number of nitrogens with two attached hydrogens (primary N) is 1. The summed E-state index contributed by atoms with van der Waals surface area (Å²) in [5, 5.41) is 0. The molecule has 2 aliphatic heterocycles. The number of hydrogen-bond acceptors (Lipinski definition) is 7. The summed E-state index contributed by atoms with van der Waals surface area (Å²) in [7, 11) is 1.56. The van der Waals surface area contributed by atoms with Gasteiger partial charge >= 0.3 is 6.01 Å². The summed E-state index contributed by atoms with van der Waals surface area (Å²) in [6.45, 7) is 3.91. The molecule has 1 aromatic heterocycles. The van der Waals surface area contributed by atoms with Crippen molar-refractivity contribution in [3.8, 4) is 17.1 Å². The number of nitrogen functional groups attached to an aromatic ring is 1. The molecule has 5 rings (SSSR count). The first kappa shape index (κ1) is 24.1. The lowest BCUT2D eigenvalue weighted by Gasteiger charge is -2.18. The molecule has 0 saturated carbocycles. The fourth-order valence-corrected chi connectivity index (χ4v) is 4.70. The van der Waals surface area contributed by atoms with E-state index in [2.05, 4.69) is 27.0 Å². The van der Waals surface area contributed by atoms with Crippen LogP contribution in [0, 0.1) is 5.82 Å². The van der Waals surface area contributed by atoms with Crippen molar-refractivity contribution in [3.05, 3.63) is 65.0 Å². The van der Waals surface area contributed by atoms with Crippen LogP contribution in [0.5, 0.6) is 6.01 Å². The molecule has 0 bridgehead atoms. The van der Waals surface area contributed by atoms with Gasteiger partial charge in [-0.1, -0.05) is 36.4 Å². The summed E-state index contributed by atoms with van der Waals surface area (Å²) in [5.41, 5.74) is 9.97. The van der Waals surface area contributed by atoms with Crippen LogP contribution in [0.1, 0.15) is 29.5 Å². The first-order chi connectivity index (χ1) is 17.5. The number of likely N-dealkylation sites (tertiary alicyclic amines) is 1. The molecule has 1 saturated heterocycles. The van der Waals surface area contributed by atoms with E-state index in [1.54, 1.807) is 13.2 Å². The van der Waals surface area contributed by atoms with E-state index in [-0.39, 0.29) is 43.1 Å². The zero-order valence-electron chi connectivity index (χ0n) is 20.4. The number of amides is 1. The summed E-state index contributed by atoms with van der Waals surface area (Å²) in [4.78, 5) is 25.1. The number of benzene rings is 2. The smallest absolute Gasteiger partial charge is 0.320 e. The molecule has 8 nitrogen and oxygen atoms in total. The molecule has 0 unspecified atom stereocenters. The van der Waals surface area contributed by atoms with Crippen molar-refractivity contribution in [2.45, 2.75) is 32.4 Å². The monoisotopic (exact) mass is 491 g/mol. The molecule has 0 atom stereocenters. The van der Waals surface area contributed by atoms with Gasteiger partial charge in [0.05, 0.1) is 19.6 Å². The maximum Gasteiger partial charge on any atom is 0.320 e. The third-order valence-electron chi connectivity index (χ3n) is 6.67. The molecule has 0 spiro atoms. The van der Waals surface area contributed by atoms with E-state index in [0.29, 0.717) is 23.6 Å². The molecule has 2 aromatic carbocycles. The standard InChI is InChI=1S/C27H30FN5O3/c1-35-12-13-36-27-30-25(29)22-15-24(34)33(26(22)31-27)17-21-9-8-20(14-23(21)28)19-6-4-18(5-7-19)16-32-10-2-3-11-32/h4-9,14H,2-3,10-13,15-17H2,1H3,(H2,29,30,31). The Kier molecular flexibility index (Phi) is 7.11. The second-order valence-corrected chi connectivity index (χ2v) is 9.18. The highest BCUT2D eigenvalue weighted by Crippen LogP contribution is 2.34. The van der Waals surface area contributed by atoms with Crippen molar-refractivity contribution < 1.29 is 18.7 Å². The number of ether oxygens (including phenoxy) is 2. The van der Waals surface area contributed by atoms with Crippen LogP contribution in [0.4, 0.5) is 16.0 Å². The fraction of sp³-hybridized carbons (Fsp3) is 0.370. The second kappa shape index (κ2) is 10.6. The van der Waals surface area contributed by atoms with E-state index in [1.807, 2.05) is 18.2 Å². The molecule has 2 N–H and O–H groups in total. The predicted octanol–water partition coefficient (Wildman–Crippen LogP) is 3.58. The third kappa shape index (κ3) is 5.17. The van der Waals surface area contributed by atoms with Gasteiger partial charge in [-0.25, -0.2) is 4.39 Å². The van der Waals surface area contributed by atoms with Gasteiger partial charge < -0.3 is 15.2 Å². The number of carbonyl (C=O) groups is 1. The molecule has 3 aromatic rings. The summed E-state index contributed by atoms with van der Waals surface area (Å²) in [5.74, 6) is -0.0464. The highest BCUT2D eigenvalue weighted by atomic mass is 19.1. The Hall–Kier alpha value is -3.56. The highest BCUT2D eigenvalue weighted by Gasteiger charge is 2.33. The van der Waals surface area contributed by atoms with Gasteiger partial charge in [0.1, 0.15) is 24.1 Å². The molecule has 3 heterocycles. The number of aromatic nitrogens is 2. The summed E-state index contributed by atoms with van der Waals surface area (Å²) in [6.07, 6.45) is 2.60. The molecule has 1 fully saturated rings. The normalized spacial score (nSPS) is 15.5. The third-order valence-corrected chi connectivity index (χ3v) is 6.67. The zero-order chi connectivity index (χ0) is 25.1. The lowest BCUT2D eigenvalue weighted by atomic mass is 10.0. The number of anilines is 2. The maximum absolute atomic E-state index is 15.2. The van der Waals surface area contributed by atoms with Crippen LogP contribution in [-0.4, -0.2) is 54.2 Å². The average Bonchev–Trinajstić information content (AvgIpc) is 3.49. The molecule has 0 radical (unpaired) electrons. The van der Waals surface area contributed by atoms with Crippen molar-refractivity contribution in [1.29, 1.82) is 0 Å². The van der Waals surface area contributed by atoms with E-state index in [9.17, 15) is 4.79 Å². The Balaban J connectivity index is 1.31. The van der Waals surface area contributed by atoms with E-state index >= 15 is 4.39 Å². The first-order valence-corrected chi connectivity index (χ1v) is 12.2. The largest absolute Gasteiger partial charge is 0.461 e. The van der Waals surface area contributed by atoms with Crippen molar-refractivity contribution in [3.63, 3.8) is 0 Å². The number of fused-ring (bicyclic) bond motifs is 1. The van der Waals surface area contributed by atoms with Crippen LogP contribution in [0.2, 0.25) is 0 Å². The summed E-state index contributed by atoms with van der Waals surface area (Å²) < 4.78 is 25.6. The van der Waals surface area contributed by atoms with Crippen molar-refractivity contribution in [2.24, 2.45) is 0 Å². The minimum Gasteiger partial charge on any atom is -0.461 e. The number of hydrogen-bond donors (Lipinski definition) is 1. The number of carbonyl (C=O) groups excluding carboxylic acids is 1. The topological polar surface area (TPSA) is 93.8 Å². The van der Waals surface area contributed by atoms with Crippen molar-refractivity contribution in [1.82, 2.24) is 14.9 Å². The maximum atomic E-state index is 15.2. The molecule has 1 amide bonds. The number of methoxy groups -OCH3 is 1. The van der Waals surface area contributed by atoms with Crippen LogP contribution in [-0.2, 0) is 29.0 Å². The Morgan fingerprint density at radius 1 is 1.00 bits per heavy atom. The Morgan fingerprint density at radius 3 is 2.47 bits per heavy atom. The summed E-state index contributed by atoms with van der Waals surface area (Å²) >= 11 is 0. The van der Waals surface area contributed by atoms with E-state index in [0.717, 1.165) is 30.8 Å². The Labute approximate surface area is 209 Å². The van der Waals surface area contributed by atoms with Gasteiger partial charge in [0.15, 0.2) is 0 Å². The van der Waals surface area contributed by atoms with Crippen LogP contribution < -0.4 is 15.4 Å². The van der Waals surface area contributed by atoms with Crippen LogP contribution >= 0.6 is 0 Å². The minimum atomic E-state index is -0.381. The molecule has 0 aliphatic carbocycles. The van der Waals surface area contributed by atoms with Crippen LogP contribution in [0.3, 0.4) is 0 Å². The van der Waals surface area contributed by atoms with E-state index in [4.69, 9.17) is 15.2 Å². The van der Waals surface area contributed by atoms with E-state index < -0.39 is 0 Å². The number of nitrogens with zero attached hydrogens (tertiary/aromatic N) is 4. The molecule has 188 valence electrons. The van der Waals surface area contributed by atoms with Gasteiger partial charge in [-0.15, -0.1) is 0 Å². The molecular weight excluding hydrogens is 461 g/mol. The SMILES string of the molecule is COCCOc1nc(N)c2c(n1)N(Cc1ccc(-c3ccc(CN4CCCC4)cc3)cc1F)C(=O)C2. The minimum absolute atomic E-state index is 0.0423. The number of halogens is 1. The number of rotatable bonds is 9. The Morgan fingerprint density at radius 2 is 1.75 bits per heavy atom. The van der Waals surface area contributed by atoms with Gasteiger partial charge in [-0.3, -0.25) is 14.6 Å². The van der Waals surface area contributed by atoms with Gasteiger partial charge in [-0.2, -0.15) is 9.97 Å². The first-order valence-electron chi connectivity index (χ1n) is 12.2. The van der Waals surface area contributed by atoms with Crippen molar-refractivity contribution in [2.75, 3.05) is 44.0 Å². The molecule has 2 aliphatic rings. The van der Waals surface area contributed by atoms with Gasteiger partial charge in [0, 0.05) is 24.8 Å². The lowest BCUT2D eigenvalue weighted by molar-refractivity contribution is -0.117. The molecular formula is C27H30FN5O3. The van der Waals surface area contributed by atoms with Crippen molar-refractivity contribution >= 4 is 17.5 Å². The zero-order valence-corrected chi connectivity index (χ0v) is 20.4. The lowest BCUT2D eigenvalue weighted by Crippen LogP contribution is -2.27. The van der Waals surface area contributed by atoms with Gasteiger partial charge in [-0.05, 0) is 48.7 Å². The molecule has 9 heteroatoms. The van der Waals surface area contributed by atoms with Gasteiger partial charge in [0.25, 0.3) is 0 Å². The van der Waals surface area contributed by atoms with Crippen LogP contribution in [0.25, 0.3) is 11.1 Å². The summed E-state index contributed by atoms with van der Waals surface area (Å²) in [6, 6.07) is 13.4. The predicted molar refractivity (Wildman–Crippen MR) is 135 cm³/mol. The van der Waals surface area contributed by atoms with Crippen LogP contribution in [0.15, 0.2) is 42.5 Å². The highest BCUT2D eigenvalue weighted by molar-refractivity contribution is 6.01. The fourth-order valence-electron chi connectivity index (χ4n) is 4.70.